The van der Waals surface area contributed by atoms with Crippen LogP contribution in [0, 0.1) is 13.8 Å². The first-order valence-corrected chi connectivity index (χ1v) is 8.53. The van der Waals surface area contributed by atoms with Gasteiger partial charge < -0.3 is 9.42 Å². The molecule has 0 bridgehead atoms. The van der Waals surface area contributed by atoms with Crippen LogP contribution in [0.5, 0.6) is 0 Å². The third-order valence-corrected chi connectivity index (χ3v) is 4.70. The molecule has 2 N–H and O–H groups in total. The topological polar surface area (TPSA) is 119 Å². The summed E-state index contributed by atoms with van der Waals surface area (Å²) in [4.78, 5) is 18.1. The normalized spacial score (nSPS) is 15.5. The lowest BCUT2D eigenvalue weighted by Gasteiger charge is -2.37. The van der Waals surface area contributed by atoms with Crippen LogP contribution in [0.2, 0.25) is 0 Å². The van der Waals surface area contributed by atoms with Gasteiger partial charge in [-0.25, -0.2) is 13.6 Å². The van der Waals surface area contributed by atoms with Crippen molar-refractivity contribution in [2.24, 2.45) is 5.14 Å². The number of hydrogen-bond donors (Lipinski definition) is 1. The molecule has 1 aromatic carbocycles. The van der Waals surface area contributed by atoms with Crippen molar-refractivity contribution in [1.82, 2.24) is 15.0 Å². The second-order valence-electron chi connectivity index (χ2n) is 5.63. The summed E-state index contributed by atoms with van der Waals surface area (Å²) < 4.78 is 28.4. The number of rotatable bonds is 3. The Morgan fingerprint density at radius 2 is 2.04 bits per heavy atom. The average Bonchev–Trinajstić information content (AvgIpc) is 2.81. The third-order valence-electron chi connectivity index (χ3n) is 3.73. The number of aromatic nitrogens is 2. The van der Waals surface area contributed by atoms with E-state index in [4.69, 9.17) is 9.66 Å². The summed E-state index contributed by atoms with van der Waals surface area (Å²) in [6.07, 6.45) is 0. The third kappa shape index (κ3) is 2.97. The summed E-state index contributed by atoms with van der Waals surface area (Å²) in [6.45, 7) is 4.31. The number of nitrogens with two attached hydrogens (primary N) is 1. The quantitative estimate of drug-likeness (QED) is 0.875. The van der Waals surface area contributed by atoms with Crippen LogP contribution in [0.15, 0.2) is 27.6 Å². The number of amides is 1. The van der Waals surface area contributed by atoms with E-state index in [9.17, 15) is 13.2 Å². The average molecular weight is 336 g/mol. The van der Waals surface area contributed by atoms with E-state index < -0.39 is 10.0 Å². The van der Waals surface area contributed by atoms with Gasteiger partial charge in [0.15, 0.2) is 5.82 Å². The molecule has 23 heavy (non-hydrogen) atoms. The number of sulfonamides is 1. The minimum absolute atomic E-state index is 0.0251. The summed E-state index contributed by atoms with van der Waals surface area (Å²) >= 11 is 0. The van der Waals surface area contributed by atoms with Crippen molar-refractivity contribution in [2.75, 3.05) is 13.1 Å². The number of primary sulfonamides is 1. The highest BCUT2D eigenvalue weighted by Gasteiger charge is 2.37. The molecule has 0 spiro atoms. The predicted octanol–water partition coefficient (Wildman–Crippen LogP) is 0.573. The molecule has 1 aromatic heterocycles. The van der Waals surface area contributed by atoms with Crippen molar-refractivity contribution < 1.29 is 17.7 Å². The smallest absolute Gasteiger partial charge is 0.255 e. The van der Waals surface area contributed by atoms with E-state index >= 15 is 0 Å². The molecule has 2 heterocycles. The Labute approximate surface area is 133 Å². The lowest BCUT2D eigenvalue weighted by molar-refractivity contribution is 0.0565. The maximum atomic E-state index is 12.6. The van der Waals surface area contributed by atoms with Crippen LogP contribution in [-0.4, -0.2) is 42.5 Å². The van der Waals surface area contributed by atoms with Crippen molar-refractivity contribution in [2.45, 2.75) is 24.7 Å². The molecule has 1 fully saturated rings. The summed E-state index contributed by atoms with van der Waals surface area (Å²) in [5, 5.41) is 8.91. The number of hydrogen-bond acceptors (Lipinski definition) is 6. The van der Waals surface area contributed by atoms with Gasteiger partial charge in [-0.2, -0.15) is 4.98 Å². The van der Waals surface area contributed by atoms with Gasteiger partial charge in [0, 0.05) is 13.1 Å². The highest BCUT2D eigenvalue weighted by atomic mass is 32.2. The zero-order valence-electron chi connectivity index (χ0n) is 12.7. The SMILES string of the molecule is Cc1ccc(S(N)(=O)=O)c(C(=O)N2CC(c3nc(C)no3)C2)c1. The largest absolute Gasteiger partial charge is 0.339 e. The fourth-order valence-electron chi connectivity index (χ4n) is 2.51. The van der Waals surface area contributed by atoms with Crippen molar-refractivity contribution in [1.29, 1.82) is 0 Å². The van der Waals surface area contributed by atoms with E-state index in [0.717, 1.165) is 5.56 Å². The Kier molecular flexibility index (Phi) is 3.69. The fraction of sp³-hybridized carbons (Fsp3) is 0.357. The summed E-state index contributed by atoms with van der Waals surface area (Å²) in [6, 6.07) is 4.50. The van der Waals surface area contributed by atoms with Crippen LogP contribution in [-0.2, 0) is 10.0 Å². The fourth-order valence-corrected chi connectivity index (χ4v) is 3.22. The van der Waals surface area contributed by atoms with Crippen molar-refractivity contribution >= 4 is 15.9 Å². The van der Waals surface area contributed by atoms with Gasteiger partial charge in [-0.3, -0.25) is 4.79 Å². The number of nitrogens with zero attached hydrogens (tertiary/aromatic N) is 3. The van der Waals surface area contributed by atoms with Crippen LogP contribution in [0.4, 0.5) is 0 Å². The first-order valence-electron chi connectivity index (χ1n) is 6.98. The highest BCUT2D eigenvalue weighted by Crippen LogP contribution is 2.28. The van der Waals surface area contributed by atoms with E-state index in [2.05, 4.69) is 10.1 Å². The second kappa shape index (κ2) is 5.43. The standard InChI is InChI=1S/C14H16N4O4S/c1-8-3-4-12(23(15,20)21)11(5-8)14(19)18-6-10(7-18)13-16-9(2)17-22-13/h3-5,10H,6-7H2,1-2H3,(H2,15,20,21). The van der Waals surface area contributed by atoms with Crippen LogP contribution in [0.3, 0.4) is 0 Å². The highest BCUT2D eigenvalue weighted by molar-refractivity contribution is 7.89. The molecule has 0 aliphatic carbocycles. The number of benzene rings is 1. The maximum absolute atomic E-state index is 12.6. The minimum Gasteiger partial charge on any atom is -0.339 e. The molecular weight excluding hydrogens is 320 g/mol. The zero-order chi connectivity index (χ0) is 16.8. The molecule has 0 atom stereocenters. The Hall–Kier alpha value is -2.26. The van der Waals surface area contributed by atoms with Gasteiger partial charge in [0.25, 0.3) is 5.91 Å². The van der Waals surface area contributed by atoms with Crippen molar-refractivity contribution in [3.05, 3.63) is 41.0 Å². The molecule has 1 amide bonds. The maximum Gasteiger partial charge on any atom is 0.255 e. The first kappa shape index (κ1) is 15.6. The van der Waals surface area contributed by atoms with E-state index in [1.165, 1.54) is 17.0 Å². The summed E-state index contributed by atoms with van der Waals surface area (Å²) in [7, 11) is -3.96. The molecule has 3 rings (SSSR count). The van der Waals surface area contributed by atoms with E-state index in [-0.39, 0.29) is 22.3 Å². The predicted molar refractivity (Wildman–Crippen MR) is 80.2 cm³/mol. The molecule has 0 radical (unpaired) electrons. The van der Waals surface area contributed by atoms with E-state index in [0.29, 0.717) is 24.8 Å². The summed E-state index contributed by atoms with van der Waals surface area (Å²) in [5.74, 6) is 0.635. The monoisotopic (exact) mass is 336 g/mol. The summed E-state index contributed by atoms with van der Waals surface area (Å²) in [5.41, 5.74) is 0.873. The molecule has 2 aromatic rings. The van der Waals surface area contributed by atoms with Gasteiger partial charge in [-0.1, -0.05) is 16.8 Å². The molecule has 1 aliphatic heterocycles. The molecule has 1 saturated heterocycles. The molecule has 0 saturated carbocycles. The van der Waals surface area contributed by atoms with Gasteiger partial charge in [-0.05, 0) is 26.0 Å². The second-order valence-corrected chi connectivity index (χ2v) is 7.16. The molecule has 8 nitrogen and oxygen atoms in total. The molecular formula is C14H16N4O4S. The Bertz CT molecular complexity index is 869. The van der Waals surface area contributed by atoms with Gasteiger partial charge in [0.2, 0.25) is 15.9 Å². The Morgan fingerprint density at radius 3 is 2.61 bits per heavy atom. The number of carbonyl (C=O) groups is 1. The van der Waals surface area contributed by atoms with E-state index in [1.807, 2.05) is 0 Å². The first-order chi connectivity index (χ1) is 10.8. The van der Waals surface area contributed by atoms with Gasteiger partial charge in [0.1, 0.15) is 0 Å². The van der Waals surface area contributed by atoms with Gasteiger partial charge in [0.05, 0.1) is 16.4 Å². The van der Waals surface area contributed by atoms with Crippen LogP contribution < -0.4 is 5.14 Å². The number of carbonyl (C=O) groups excluding carboxylic acids is 1. The molecule has 122 valence electrons. The number of likely N-dealkylation sites (tertiary alicyclic amines) is 1. The van der Waals surface area contributed by atoms with Crippen LogP contribution in [0.1, 0.15) is 33.6 Å². The Balaban J connectivity index is 1.81. The molecule has 0 unspecified atom stereocenters. The Morgan fingerprint density at radius 1 is 1.35 bits per heavy atom. The van der Waals surface area contributed by atoms with E-state index in [1.54, 1.807) is 19.9 Å². The number of aryl methyl sites for hydroxylation is 2. The lowest BCUT2D eigenvalue weighted by atomic mass is 9.98. The molecule has 9 heteroatoms. The van der Waals surface area contributed by atoms with Crippen molar-refractivity contribution in [3.8, 4) is 0 Å². The minimum atomic E-state index is -3.96. The van der Waals surface area contributed by atoms with Crippen LogP contribution >= 0.6 is 0 Å². The lowest BCUT2D eigenvalue weighted by Crippen LogP contribution is -2.49. The van der Waals surface area contributed by atoms with Crippen LogP contribution in [0.25, 0.3) is 0 Å². The van der Waals surface area contributed by atoms with Crippen molar-refractivity contribution in [3.63, 3.8) is 0 Å². The zero-order valence-corrected chi connectivity index (χ0v) is 13.5. The van der Waals surface area contributed by atoms with Gasteiger partial charge in [-0.15, -0.1) is 0 Å². The molecule has 1 aliphatic rings. The van der Waals surface area contributed by atoms with Gasteiger partial charge >= 0.3 is 0 Å².